The molecule has 0 aliphatic carbocycles. The summed E-state index contributed by atoms with van der Waals surface area (Å²) in [6, 6.07) is 4.36. The molecule has 0 radical (unpaired) electrons. The van der Waals surface area contributed by atoms with E-state index in [9.17, 15) is 5.11 Å². The van der Waals surface area contributed by atoms with Gasteiger partial charge in [0, 0.05) is 5.56 Å². The maximum absolute atomic E-state index is 9.23. The number of thiazole rings is 1. The van der Waals surface area contributed by atoms with Crippen molar-refractivity contribution >= 4 is 11.3 Å². The van der Waals surface area contributed by atoms with E-state index in [0.29, 0.717) is 0 Å². The van der Waals surface area contributed by atoms with Crippen LogP contribution in [0.1, 0.15) is 27.3 Å². The lowest BCUT2D eigenvalue weighted by molar-refractivity contribution is 0.284. The van der Waals surface area contributed by atoms with Gasteiger partial charge in [0.05, 0.1) is 17.2 Å². The van der Waals surface area contributed by atoms with Crippen LogP contribution in [0.25, 0.3) is 10.6 Å². The van der Waals surface area contributed by atoms with E-state index in [2.05, 4.69) is 37.9 Å². The molecule has 0 aliphatic heterocycles. The number of aliphatic hydroxyl groups excluding tert-OH is 1. The average molecular weight is 247 g/mol. The highest BCUT2D eigenvalue weighted by Crippen LogP contribution is 2.33. The number of aryl methyl sites for hydroxylation is 4. The van der Waals surface area contributed by atoms with Gasteiger partial charge in [0.1, 0.15) is 5.01 Å². The first-order valence-electron chi connectivity index (χ1n) is 5.68. The number of aliphatic hydroxyl groups is 1. The van der Waals surface area contributed by atoms with Crippen molar-refractivity contribution in [1.29, 1.82) is 0 Å². The molecule has 0 unspecified atom stereocenters. The normalized spacial score (nSPS) is 10.9. The fraction of sp³-hybridized carbons (Fsp3) is 0.357. The predicted molar refractivity (Wildman–Crippen MR) is 72.4 cm³/mol. The molecule has 1 aromatic heterocycles. The Kier molecular flexibility index (Phi) is 3.31. The lowest BCUT2D eigenvalue weighted by atomic mass is 10.0. The minimum absolute atomic E-state index is 0.0768. The predicted octanol–water partition coefficient (Wildman–Crippen LogP) is 3.54. The van der Waals surface area contributed by atoms with Crippen LogP contribution in [0.3, 0.4) is 0 Å². The molecule has 3 heteroatoms. The molecule has 0 atom stereocenters. The molecule has 0 spiro atoms. The van der Waals surface area contributed by atoms with E-state index in [1.54, 1.807) is 11.3 Å². The summed E-state index contributed by atoms with van der Waals surface area (Å²) in [5.74, 6) is 0. The van der Waals surface area contributed by atoms with Gasteiger partial charge in [-0.25, -0.2) is 4.98 Å². The number of nitrogens with zero attached hydrogens (tertiary/aromatic N) is 1. The molecule has 1 heterocycles. The van der Waals surface area contributed by atoms with Crippen molar-refractivity contribution in [3.8, 4) is 10.6 Å². The van der Waals surface area contributed by atoms with Crippen LogP contribution in [-0.2, 0) is 6.61 Å². The Labute approximate surface area is 106 Å². The first kappa shape index (κ1) is 12.3. The van der Waals surface area contributed by atoms with E-state index in [1.165, 1.54) is 22.3 Å². The largest absolute Gasteiger partial charge is 0.391 e. The third kappa shape index (κ3) is 2.26. The standard InChI is InChI=1S/C14H17NOS/c1-8-5-9(2)13(10(3)6-8)14-15-11(4)12(7-16)17-14/h5-6,16H,7H2,1-4H3. The number of rotatable bonds is 2. The highest BCUT2D eigenvalue weighted by molar-refractivity contribution is 7.15. The van der Waals surface area contributed by atoms with Gasteiger partial charge in [-0.05, 0) is 38.8 Å². The van der Waals surface area contributed by atoms with Crippen LogP contribution >= 0.6 is 11.3 Å². The third-order valence-corrected chi connectivity index (χ3v) is 4.09. The first-order chi connectivity index (χ1) is 8.02. The van der Waals surface area contributed by atoms with Gasteiger partial charge in [-0.3, -0.25) is 0 Å². The summed E-state index contributed by atoms with van der Waals surface area (Å²) >= 11 is 1.59. The Bertz CT molecular complexity index is 534. The van der Waals surface area contributed by atoms with Gasteiger partial charge in [-0.15, -0.1) is 11.3 Å². The lowest BCUT2D eigenvalue weighted by Gasteiger charge is -2.08. The van der Waals surface area contributed by atoms with Crippen molar-refractivity contribution in [2.24, 2.45) is 0 Å². The van der Waals surface area contributed by atoms with Gasteiger partial charge >= 0.3 is 0 Å². The fourth-order valence-corrected chi connectivity index (χ4v) is 3.30. The average Bonchev–Trinajstić information content (AvgIpc) is 2.57. The molecule has 0 fully saturated rings. The summed E-state index contributed by atoms with van der Waals surface area (Å²) in [4.78, 5) is 5.52. The van der Waals surface area contributed by atoms with Crippen molar-refractivity contribution < 1.29 is 5.11 Å². The second-order valence-corrected chi connectivity index (χ2v) is 5.54. The molecule has 0 aliphatic rings. The van der Waals surface area contributed by atoms with Crippen molar-refractivity contribution in [3.05, 3.63) is 39.4 Å². The Morgan fingerprint density at radius 3 is 2.18 bits per heavy atom. The SMILES string of the molecule is Cc1cc(C)c(-c2nc(C)c(CO)s2)c(C)c1. The molecule has 0 saturated carbocycles. The Morgan fingerprint density at radius 2 is 1.71 bits per heavy atom. The summed E-state index contributed by atoms with van der Waals surface area (Å²) in [6.07, 6.45) is 0. The van der Waals surface area contributed by atoms with Crippen molar-refractivity contribution in [2.75, 3.05) is 0 Å². The van der Waals surface area contributed by atoms with Crippen LogP contribution in [0.2, 0.25) is 0 Å². The van der Waals surface area contributed by atoms with Crippen LogP contribution < -0.4 is 0 Å². The molecule has 2 aromatic rings. The van der Waals surface area contributed by atoms with Gasteiger partial charge in [0.2, 0.25) is 0 Å². The molecule has 0 amide bonds. The van der Waals surface area contributed by atoms with E-state index < -0.39 is 0 Å². The van der Waals surface area contributed by atoms with Gasteiger partial charge in [-0.1, -0.05) is 17.7 Å². The molecule has 0 bridgehead atoms. The molecule has 17 heavy (non-hydrogen) atoms. The summed E-state index contributed by atoms with van der Waals surface area (Å²) in [6.45, 7) is 8.36. The van der Waals surface area contributed by atoms with Gasteiger partial charge in [-0.2, -0.15) is 0 Å². The van der Waals surface area contributed by atoms with Crippen molar-refractivity contribution in [2.45, 2.75) is 34.3 Å². The minimum Gasteiger partial charge on any atom is -0.391 e. The molecular weight excluding hydrogens is 230 g/mol. The van der Waals surface area contributed by atoms with Crippen LogP contribution in [-0.4, -0.2) is 10.1 Å². The minimum atomic E-state index is 0.0768. The Hall–Kier alpha value is -1.19. The molecule has 2 nitrogen and oxygen atoms in total. The first-order valence-corrected chi connectivity index (χ1v) is 6.50. The molecular formula is C14H17NOS. The van der Waals surface area contributed by atoms with Gasteiger partial charge in [0.25, 0.3) is 0 Å². The van der Waals surface area contributed by atoms with E-state index in [-0.39, 0.29) is 6.61 Å². The zero-order valence-corrected chi connectivity index (χ0v) is 11.5. The highest BCUT2D eigenvalue weighted by atomic mass is 32.1. The van der Waals surface area contributed by atoms with Gasteiger partial charge < -0.3 is 5.11 Å². The fourth-order valence-electron chi connectivity index (χ4n) is 2.20. The Balaban J connectivity index is 2.60. The molecule has 0 saturated heterocycles. The Morgan fingerprint density at radius 1 is 1.12 bits per heavy atom. The monoisotopic (exact) mass is 247 g/mol. The van der Waals surface area contributed by atoms with Crippen molar-refractivity contribution in [3.63, 3.8) is 0 Å². The summed E-state index contributed by atoms with van der Waals surface area (Å²) in [7, 11) is 0. The highest BCUT2D eigenvalue weighted by Gasteiger charge is 2.13. The lowest BCUT2D eigenvalue weighted by Crippen LogP contribution is -1.89. The summed E-state index contributed by atoms with van der Waals surface area (Å²) in [5, 5.41) is 10.2. The van der Waals surface area contributed by atoms with E-state index in [4.69, 9.17) is 0 Å². The molecule has 2 rings (SSSR count). The molecule has 1 aromatic carbocycles. The summed E-state index contributed by atoms with van der Waals surface area (Å²) < 4.78 is 0. The molecule has 90 valence electrons. The topological polar surface area (TPSA) is 33.1 Å². The summed E-state index contributed by atoms with van der Waals surface area (Å²) in [5.41, 5.74) is 5.93. The third-order valence-electron chi connectivity index (χ3n) is 2.93. The second-order valence-electron chi connectivity index (χ2n) is 4.46. The van der Waals surface area contributed by atoms with Gasteiger partial charge in [0.15, 0.2) is 0 Å². The van der Waals surface area contributed by atoms with E-state index >= 15 is 0 Å². The van der Waals surface area contributed by atoms with Crippen LogP contribution in [0, 0.1) is 27.7 Å². The van der Waals surface area contributed by atoms with E-state index in [1.807, 2.05) is 6.92 Å². The molecule has 1 N–H and O–H groups in total. The number of hydrogen-bond acceptors (Lipinski definition) is 3. The van der Waals surface area contributed by atoms with E-state index in [0.717, 1.165) is 15.6 Å². The van der Waals surface area contributed by atoms with Crippen LogP contribution in [0.4, 0.5) is 0 Å². The number of hydrogen-bond donors (Lipinski definition) is 1. The number of aromatic nitrogens is 1. The van der Waals surface area contributed by atoms with Crippen molar-refractivity contribution in [1.82, 2.24) is 4.98 Å². The smallest absolute Gasteiger partial charge is 0.124 e. The zero-order chi connectivity index (χ0) is 12.6. The van der Waals surface area contributed by atoms with Crippen LogP contribution in [0.15, 0.2) is 12.1 Å². The maximum Gasteiger partial charge on any atom is 0.124 e. The second kappa shape index (κ2) is 4.59. The maximum atomic E-state index is 9.23. The van der Waals surface area contributed by atoms with Crippen LogP contribution in [0.5, 0.6) is 0 Å². The zero-order valence-electron chi connectivity index (χ0n) is 10.7. The quantitative estimate of drug-likeness (QED) is 0.880. The number of benzene rings is 1.